The van der Waals surface area contributed by atoms with Crippen LogP contribution >= 0.6 is 0 Å². The van der Waals surface area contributed by atoms with Crippen molar-refractivity contribution in [1.29, 1.82) is 0 Å². The van der Waals surface area contributed by atoms with E-state index in [1.54, 1.807) is 6.07 Å². The van der Waals surface area contributed by atoms with Gasteiger partial charge in [-0.2, -0.15) is 13.2 Å². The summed E-state index contributed by atoms with van der Waals surface area (Å²) in [6.45, 7) is 0.388. The summed E-state index contributed by atoms with van der Waals surface area (Å²) in [6.07, 6.45) is -2.78. The van der Waals surface area contributed by atoms with E-state index in [0.29, 0.717) is 6.42 Å². The lowest BCUT2D eigenvalue weighted by Gasteiger charge is -2.17. The number of carbonyl (C=O) groups excluding carboxylic acids is 1. The Morgan fingerprint density at radius 2 is 2.11 bits per heavy atom. The van der Waals surface area contributed by atoms with Crippen LogP contribution in [0.1, 0.15) is 12.8 Å². The quantitative estimate of drug-likeness (QED) is 0.837. The Kier molecular flexibility index (Phi) is 3.87. The minimum Gasteiger partial charge on any atom is -0.458 e. The maximum Gasteiger partial charge on any atom is 0.397 e. The summed E-state index contributed by atoms with van der Waals surface area (Å²) < 4.78 is 41.7. The molecule has 8 heteroatoms. The van der Waals surface area contributed by atoms with Gasteiger partial charge in [0.05, 0.1) is 6.54 Å². The van der Waals surface area contributed by atoms with Gasteiger partial charge in [0, 0.05) is 25.4 Å². The molecule has 104 valence electrons. The Morgan fingerprint density at radius 1 is 1.42 bits per heavy atom. The lowest BCUT2D eigenvalue weighted by atomic mass is 10.3. The summed E-state index contributed by atoms with van der Waals surface area (Å²) in [5.74, 6) is -0.924. The van der Waals surface area contributed by atoms with E-state index in [2.05, 4.69) is 9.97 Å². The molecule has 0 bridgehead atoms. The van der Waals surface area contributed by atoms with Crippen molar-refractivity contribution in [3.8, 4) is 6.01 Å². The minimum absolute atomic E-state index is 0.132. The van der Waals surface area contributed by atoms with Crippen LogP contribution in [0.15, 0.2) is 18.5 Å². The molecule has 0 unspecified atom stereocenters. The second-order valence-electron chi connectivity index (χ2n) is 4.19. The molecule has 0 N–H and O–H groups in total. The highest BCUT2D eigenvalue weighted by molar-refractivity contribution is 5.77. The zero-order valence-corrected chi connectivity index (χ0v) is 9.93. The first-order valence-electron chi connectivity index (χ1n) is 5.72. The van der Waals surface area contributed by atoms with Crippen LogP contribution in [0.5, 0.6) is 6.01 Å². The number of aromatic nitrogens is 2. The fourth-order valence-corrected chi connectivity index (χ4v) is 1.83. The topological polar surface area (TPSA) is 55.3 Å². The summed E-state index contributed by atoms with van der Waals surface area (Å²) in [6, 6.07) is 1.79. The highest BCUT2D eigenvalue weighted by Gasteiger charge is 2.36. The highest BCUT2D eigenvalue weighted by atomic mass is 19.4. The monoisotopic (exact) mass is 275 g/mol. The third kappa shape index (κ3) is 4.08. The molecule has 1 amide bonds. The van der Waals surface area contributed by atoms with Crippen LogP contribution in [-0.4, -0.2) is 46.1 Å². The van der Waals surface area contributed by atoms with Gasteiger partial charge in [-0.3, -0.25) is 4.79 Å². The molecule has 0 aromatic carbocycles. The van der Waals surface area contributed by atoms with Crippen molar-refractivity contribution >= 4 is 5.91 Å². The molecule has 1 aromatic heterocycles. The number of amides is 1. The van der Waals surface area contributed by atoms with Crippen LogP contribution in [0.25, 0.3) is 0 Å². The smallest absolute Gasteiger partial charge is 0.397 e. The Bertz CT molecular complexity index is 439. The predicted molar refractivity (Wildman–Crippen MR) is 58.3 cm³/mol. The van der Waals surface area contributed by atoms with E-state index in [-0.39, 0.29) is 25.2 Å². The second-order valence-corrected chi connectivity index (χ2v) is 4.19. The maximum absolute atomic E-state index is 12.1. The molecular weight excluding hydrogens is 263 g/mol. The molecular formula is C11H12F3N3O2. The largest absolute Gasteiger partial charge is 0.458 e. The van der Waals surface area contributed by atoms with E-state index in [9.17, 15) is 18.0 Å². The molecule has 5 nitrogen and oxygen atoms in total. The van der Waals surface area contributed by atoms with Gasteiger partial charge in [0.1, 0.15) is 12.5 Å². The fraction of sp³-hybridized carbons (Fsp3) is 0.545. The van der Waals surface area contributed by atoms with Crippen LogP contribution in [0.2, 0.25) is 0 Å². The number of alkyl halides is 3. The summed E-state index contributed by atoms with van der Waals surface area (Å²) in [4.78, 5) is 20.2. The van der Waals surface area contributed by atoms with Crippen molar-refractivity contribution in [2.75, 3.05) is 13.1 Å². The summed E-state index contributed by atoms with van der Waals surface area (Å²) in [5, 5.41) is 0. The maximum atomic E-state index is 12.1. The third-order valence-corrected chi connectivity index (χ3v) is 2.66. The molecule has 0 aliphatic carbocycles. The lowest BCUT2D eigenvalue weighted by molar-refractivity contribution is -0.160. The summed E-state index contributed by atoms with van der Waals surface area (Å²) in [5.41, 5.74) is 0. The zero-order valence-electron chi connectivity index (χ0n) is 9.93. The molecule has 1 fully saturated rings. The predicted octanol–water partition coefficient (Wildman–Crippen LogP) is 1.41. The zero-order chi connectivity index (χ0) is 13.9. The average molecular weight is 275 g/mol. The van der Waals surface area contributed by atoms with Gasteiger partial charge in [0.15, 0.2) is 0 Å². The molecule has 19 heavy (non-hydrogen) atoms. The first-order valence-corrected chi connectivity index (χ1v) is 5.72. The number of halogens is 3. The van der Waals surface area contributed by atoms with E-state index in [4.69, 9.17) is 4.74 Å². The first kappa shape index (κ1) is 13.6. The Balaban J connectivity index is 1.85. The molecule has 0 spiro atoms. The van der Waals surface area contributed by atoms with Crippen molar-refractivity contribution in [3.63, 3.8) is 0 Å². The first-order chi connectivity index (χ1) is 8.94. The third-order valence-electron chi connectivity index (χ3n) is 2.66. The minimum atomic E-state index is -4.47. The van der Waals surface area contributed by atoms with Crippen LogP contribution in [0.4, 0.5) is 13.2 Å². The van der Waals surface area contributed by atoms with Gasteiger partial charge < -0.3 is 9.64 Å². The van der Waals surface area contributed by atoms with Crippen molar-refractivity contribution in [3.05, 3.63) is 18.5 Å². The van der Waals surface area contributed by atoms with Gasteiger partial charge in [-0.1, -0.05) is 0 Å². The normalized spacial score (nSPS) is 19.5. The van der Waals surface area contributed by atoms with Crippen LogP contribution in [-0.2, 0) is 4.79 Å². The molecule has 2 rings (SSSR count). The summed E-state index contributed by atoms with van der Waals surface area (Å²) in [7, 11) is 0. The molecule has 1 aliphatic rings. The van der Waals surface area contributed by atoms with E-state index in [1.165, 1.54) is 12.4 Å². The molecule has 1 aromatic rings. The van der Waals surface area contributed by atoms with E-state index in [1.807, 2.05) is 0 Å². The Morgan fingerprint density at radius 3 is 2.74 bits per heavy atom. The fourth-order valence-electron chi connectivity index (χ4n) is 1.83. The summed E-state index contributed by atoms with van der Waals surface area (Å²) >= 11 is 0. The second kappa shape index (κ2) is 5.41. The molecule has 1 aliphatic heterocycles. The number of likely N-dealkylation sites (tertiary alicyclic amines) is 1. The van der Waals surface area contributed by atoms with Crippen LogP contribution in [0, 0.1) is 0 Å². The van der Waals surface area contributed by atoms with Crippen molar-refractivity contribution < 1.29 is 22.7 Å². The van der Waals surface area contributed by atoms with Gasteiger partial charge in [0.2, 0.25) is 5.91 Å². The Labute approximate surface area is 107 Å². The number of hydrogen-bond acceptors (Lipinski definition) is 4. The molecule has 2 heterocycles. The van der Waals surface area contributed by atoms with Crippen LogP contribution < -0.4 is 4.74 Å². The standard InChI is InChI=1S/C11H12F3N3O2/c12-11(13,14)6-9(18)17-5-2-8(7-17)19-10-15-3-1-4-16-10/h1,3-4,8H,2,5-7H2/t8-/m1/s1. The average Bonchev–Trinajstić information content (AvgIpc) is 2.77. The molecule has 0 radical (unpaired) electrons. The molecule has 1 atom stereocenters. The van der Waals surface area contributed by atoms with Gasteiger partial charge >= 0.3 is 12.2 Å². The molecule has 1 saturated heterocycles. The van der Waals surface area contributed by atoms with E-state index in [0.717, 1.165) is 4.90 Å². The van der Waals surface area contributed by atoms with Crippen molar-refractivity contribution in [1.82, 2.24) is 14.9 Å². The Hall–Kier alpha value is -1.86. The number of hydrogen-bond donors (Lipinski definition) is 0. The van der Waals surface area contributed by atoms with Gasteiger partial charge in [0.25, 0.3) is 0 Å². The molecule has 0 saturated carbocycles. The number of rotatable bonds is 3. The van der Waals surface area contributed by atoms with Crippen molar-refractivity contribution in [2.24, 2.45) is 0 Å². The van der Waals surface area contributed by atoms with Gasteiger partial charge in [-0.05, 0) is 6.07 Å². The van der Waals surface area contributed by atoms with Crippen LogP contribution in [0.3, 0.4) is 0 Å². The van der Waals surface area contributed by atoms with Gasteiger partial charge in [-0.15, -0.1) is 0 Å². The lowest BCUT2D eigenvalue weighted by Crippen LogP contribution is -2.34. The van der Waals surface area contributed by atoms with Crippen molar-refractivity contribution in [2.45, 2.75) is 25.1 Å². The van der Waals surface area contributed by atoms with E-state index < -0.39 is 18.5 Å². The van der Waals surface area contributed by atoms with Gasteiger partial charge in [-0.25, -0.2) is 9.97 Å². The number of nitrogens with zero attached hydrogens (tertiary/aromatic N) is 3. The number of ether oxygens (including phenoxy) is 1. The van der Waals surface area contributed by atoms with E-state index >= 15 is 0 Å². The SMILES string of the molecule is O=C(CC(F)(F)F)N1CC[C@@H](Oc2ncccn2)C1. The highest BCUT2D eigenvalue weighted by Crippen LogP contribution is 2.23. The number of carbonyl (C=O) groups is 1.